The van der Waals surface area contributed by atoms with Gasteiger partial charge in [-0.3, -0.25) is 25.2 Å². The predicted molar refractivity (Wildman–Crippen MR) is 82.7 cm³/mol. The van der Waals surface area contributed by atoms with Crippen molar-refractivity contribution in [2.24, 2.45) is 0 Å². The van der Waals surface area contributed by atoms with Crippen LogP contribution < -0.4 is 10.9 Å². The fourth-order valence-electron chi connectivity index (χ4n) is 2.50. The molecule has 3 rings (SSSR count). The third-order valence-corrected chi connectivity index (χ3v) is 4.45. The van der Waals surface area contributed by atoms with Crippen molar-refractivity contribution in [1.82, 2.24) is 15.8 Å². The second-order valence-corrected chi connectivity index (χ2v) is 6.00. The van der Waals surface area contributed by atoms with E-state index in [4.69, 9.17) is 4.42 Å². The van der Waals surface area contributed by atoms with Crippen molar-refractivity contribution in [3.8, 4) is 0 Å². The van der Waals surface area contributed by atoms with E-state index >= 15 is 0 Å². The minimum atomic E-state index is -0.582. The van der Waals surface area contributed by atoms with Crippen molar-refractivity contribution in [2.75, 3.05) is 6.54 Å². The van der Waals surface area contributed by atoms with Crippen LogP contribution in [0.3, 0.4) is 0 Å². The van der Waals surface area contributed by atoms with Crippen molar-refractivity contribution in [2.45, 2.75) is 18.9 Å². The van der Waals surface area contributed by atoms with Gasteiger partial charge in [-0.2, -0.15) is 0 Å². The van der Waals surface area contributed by atoms with Gasteiger partial charge in [0, 0.05) is 6.54 Å². The lowest BCUT2D eigenvalue weighted by Gasteiger charge is -2.23. The number of hydrogen-bond donors (Lipinski definition) is 2. The number of furan rings is 1. The van der Waals surface area contributed by atoms with Gasteiger partial charge in [-0.05, 0) is 36.4 Å². The summed E-state index contributed by atoms with van der Waals surface area (Å²) in [6.07, 6.45) is 2.69. The highest BCUT2D eigenvalue weighted by Crippen LogP contribution is 2.22. The number of rotatable bonds is 3. The zero-order valence-corrected chi connectivity index (χ0v) is 13.0. The van der Waals surface area contributed by atoms with Crippen LogP contribution in [0.1, 0.15) is 33.1 Å². The molecule has 23 heavy (non-hydrogen) atoms. The number of hydrazine groups is 1. The van der Waals surface area contributed by atoms with Gasteiger partial charge >= 0.3 is 5.91 Å². The molecule has 0 unspecified atom stereocenters. The first-order chi connectivity index (χ1) is 11.2. The van der Waals surface area contributed by atoms with E-state index in [2.05, 4.69) is 10.9 Å². The molecule has 0 aliphatic carbocycles. The fraction of sp³-hybridized carbons (Fsp3) is 0.267. The summed E-state index contributed by atoms with van der Waals surface area (Å²) in [5, 5.41) is 1.82. The molecule has 0 bridgehead atoms. The third kappa shape index (κ3) is 3.26. The predicted octanol–water partition coefficient (Wildman–Crippen LogP) is 1.41. The van der Waals surface area contributed by atoms with E-state index < -0.39 is 17.9 Å². The lowest BCUT2D eigenvalue weighted by Crippen LogP contribution is -2.51. The van der Waals surface area contributed by atoms with Crippen LogP contribution in [0.15, 0.2) is 40.3 Å². The van der Waals surface area contributed by atoms with Crippen LogP contribution in [0.2, 0.25) is 0 Å². The molecule has 8 heteroatoms. The maximum Gasteiger partial charge on any atom is 0.305 e. The highest BCUT2D eigenvalue weighted by molar-refractivity contribution is 7.12. The Kier molecular flexibility index (Phi) is 4.42. The average molecular weight is 333 g/mol. The lowest BCUT2D eigenvalue weighted by molar-refractivity contribution is -0.125. The monoisotopic (exact) mass is 333 g/mol. The minimum absolute atomic E-state index is 0.100. The van der Waals surface area contributed by atoms with Crippen molar-refractivity contribution >= 4 is 29.1 Å². The molecule has 2 aromatic heterocycles. The molecule has 0 radical (unpaired) electrons. The Morgan fingerprint density at radius 3 is 2.78 bits per heavy atom. The Labute approximate surface area is 136 Å². The number of carbonyl (C=O) groups is 3. The van der Waals surface area contributed by atoms with Gasteiger partial charge in [0.25, 0.3) is 11.8 Å². The molecular weight excluding hydrogens is 318 g/mol. The summed E-state index contributed by atoms with van der Waals surface area (Å²) in [4.78, 5) is 38.5. The van der Waals surface area contributed by atoms with E-state index in [0.29, 0.717) is 17.8 Å². The molecule has 2 N–H and O–H groups in total. The maximum absolute atomic E-state index is 12.4. The van der Waals surface area contributed by atoms with Gasteiger partial charge in [0.1, 0.15) is 6.04 Å². The van der Waals surface area contributed by atoms with Crippen LogP contribution in [0, 0.1) is 0 Å². The summed E-state index contributed by atoms with van der Waals surface area (Å²) in [5.74, 6) is -1.01. The highest BCUT2D eigenvalue weighted by Gasteiger charge is 2.35. The smallest absolute Gasteiger partial charge is 0.305 e. The summed E-state index contributed by atoms with van der Waals surface area (Å²) in [7, 11) is 0. The van der Waals surface area contributed by atoms with Crippen LogP contribution >= 0.6 is 11.3 Å². The number of thiophene rings is 1. The molecule has 2 aromatic rings. The third-order valence-electron chi connectivity index (χ3n) is 3.59. The molecule has 7 nitrogen and oxygen atoms in total. The highest BCUT2D eigenvalue weighted by atomic mass is 32.1. The maximum atomic E-state index is 12.4. The summed E-state index contributed by atoms with van der Waals surface area (Å²) in [5.41, 5.74) is 4.64. The van der Waals surface area contributed by atoms with Crippen molar-refractivity contribution in [3.05, 3.63) is 46.5 Å². The van der Waals surface area contributed by atoms with E-state index in [0.717, 1.165) is 6.42 Å². The Balaban J connectivity index is 1.60. The normalized spacial score (nSPS) is 17.0. The quantitative estimate of drug-likeness (QED) is 0.831. The number of carbonyl (C=O) groups excluding carboxylic acids is 3. The SMILES string of the molecule is O=C(NNC(=O)[C@H]1CCCN1C(=O)c1cccs1)c1ccco1. The summed E-state index contributed by atoms with van der Waals surface area (Å²) in [6.45, 7) is 0.529. The van der Waals surface area contributed by atoms with E-state index in [1.165, 1.54) is 23.7 Å². The first-order valence-corrected chi connectivity index (χ1v) is 8.03. The second kappa shape index (κ2) is 6.66. The molecule has 0 aromatic carbocycles. The number of hydrogen-bond acceptors (Lipinski definition) is 5. The number of nitrogens with one attached hydrogen (secondary N) is 2. The topological polar surface area (TPSA) is 91.7 Å². The number of nitrogens with zero attached hydrogens (tertiary/aromatic N) is 1. The van der Waals surface area contributed by atoms with Crippen LogP contribution in [0.5, 0.6) is 0 Å². The Morgan fingerprint density at radius 2 is 2.09 bits per heavy atom. The molecular formula is C15H15N3O4S. The molecule has 1 atom stereocenters. The standard InChI is InChI=1S/C15H15N3O4S/c19-13(16-17-14(20)11-5-2-8-22-11)10-4-1-7-18(10)15(21)12-6-3-9-23-12/h2-3,5-6,8-10H,1,4,7H2,(H,16,19)(H,17,20)/t10-/m1/s1. The van der Waals surface area contributed by atoms with Gasteiger partial charge in [0.05, 0.1) is 11.1 Å². The van der Waals surface area contributed by atoms with Crippen molar-refractivity contribution in [1.29, 1.82) is 0 Å². The average Bonchev–Trinajstić information content (AvgIpc) is 3.33. The van der Waals surface area contributed by atoms with Gasteiger partial charge in [-0.25, -0.2) is 0 Å². The van der Waals surface area contributed by atoms with Gasteiger partial charge in [-0.1, -0.05) is 6.07 Å². The number of amides is 3. The molecule has 1 saturated heterocycles. The summed E-state index contributed by atoms with van der Waals surface area (Å²) in [6, 6.07) is 6.02. The van der Waals surface area contributed by atoms with E-state index in [9.17, 15) is 14.4 Å². The van der Waals surface area contributed by atoms with Gasteiger partial charge < -0.3 is 9.32 Å². The lowest BCUT2D eigenvalue weighted by atomic mass is 10.2. The largest absolute Gasteiger partial charge is 0.459 e. The van der Waals surface area contributed by atoms with Crippen LogP contribution in [-0.4, -0.2) is 35.2 Å². The minimum Gasteiger partial charge on any atom is -0.459 e. The fourth-order valence-corrected chi connectivity index (χ4v) is 3.17. The van der Waals surface area contributed by atoms with E-state index in [1.807, 2.05) is 5.38 Å². The summed E-state index contributed by atoms with van der Waals surface area (Å²) < 4.78 is 4.93. The Morgan fingerprint density at radius 1 is 1.22 bits per heavy atom. The van der Waals surface area contributed by atoms with Gasteiger partial charge in [0.2, 0.25) is 0 Å². The molecule has 3 heterocycles. The van der Waals surface area contributed by atoms with Crippen LogP contribution in [-0.2, 0) is 4.79 Å². The van der Waals surface area contributed by atoms with E-state index in [1.54, 1.807) is 23.1 Å². The molecule has 1 aliphatic rings. The molecule has 120 valence electrons. The molecule has 3 amide bonds. The molecule has 0 spiro atoms. The zero-order valence-electron chi connectivity index (χ0n) is 12.2. The van der Waals surface area contributed by atoms with Crippen LogP contribution in [0.4, 0.5) is 0 Å². The molecule has 0 saturated carbocycles. The van der Waals surface area contributed by atoms with Crippen LogP contribution in [0.25, 0.3) is 0 Å². The number of likely N-dealkylation sites (tertiary alicyclic amines) is 1. The molecule has 1 aliphatic heterocycles. The second-order valence-electron chi connectivity index (χ2n) is 5.05. The van der Waals surface area contributed by atoms with Gasteiger partial charge in [0.15, 0.2) is 5.76 Å². The van der Waals surface area contributed by atoms with Gasteiger partial charge in [-0.15, -0.1) is 11.3 Å². The molecule has 1 fully saturated rings. The van der Waals surface area contributed by atoms with E-state index in [-0.39, 0.29) is 11.7 Å². The van der Waals surface area contributed by atoms with Crippen molar-refractivity contribution < 1.29 is 18.8 Å². The first-order valence-electron chi connectivity index (χ1n) is 7.15. The Hall–Kier alpha value is -2.61. The summed E-state index contributed by atoms with van der Waals surface area (Å²) >= 11 is 1.34. The zero-order chi connectivity index (χ0) is 16.2. The Bertz CT molecular complexity index is 696. The first kappa shape index (κ1) is 15.3. The van der Waals surface area contributed by atoms with Crippen molar-refractivity contribution in [3.63, 3.8) is 0 Å².